The monoisotopic (exact) mass is 487 g/mol. The Bertz CT molecular complexity index is 1270. The Morgan fingerprint density at radius 1 is 1.09 bits per heavy atom. The number of nitrogens with one attached hydrogen (secondary N) is 2. The third-order valence-electron chi connectivity index (χ3n) is 5.41. The smallest absolute Gasteiger partial charge is 0.272 e. The molecule has 0 spiro atoms. The van der Waals surface area contributed by atoms with E-state index >= 15 is 0 Å². The molecule has 1 fully saturated rings. The van der Waals surface area contributed by atoms with E-state index in [4.69, 9.17) is 17.3 Å². The number of hydrogen-bond acceptors (Lipinski definition) is 4. The average Bonchev–Trinajstić information content (AvgIpc) is 3.51. The zero-order chi connectivity index (χ0) is 24.4. The molecule has 0 radical (unpaired) electrons. The molecule has 0 saturated heterocycles. The van der Waals surface area contributed by atoms with Gasteiger partial charge in [0.05, 0.1) is 10.6 Å². The summed E-state index contributed by atoms with van der Waals surface area (Å²) in [6, 6.07) is 7.58. The highest BCUT2D eigenvalue weighted by Crippen LogP contribution is 2.31. The van der Waals surface area contributed by atoms with Gasteiger partial charge in [-0.2, -0.15) is 0 Å². The van der Waals surface area contributed by atoms with Gasteiger partial charge in [0.2, 0.25) is 0 Å². The van der Waals surface area contributed by atoms with Crippen molar-refractivity contribution < 1.29 is 23.2 Å². The molecular formula is C23H20ClF2N5O3. The van der Waals surface area contributed by atoms with Crippen LogP contribution in [0.2, 0.25) is 5.02 Å². The molecule has 4 rings (SSSR count). The fourth-order valence-electron chi connectivity index (χ4n) is 3.43. The van der Waals surface area contributed by atoms with E-state index < -0.39 is 29.4 Å². The number of rotatable bonds is 8. The molecule has 3 aromatic rings. The SMILES string of the molecule is NC(=O)c1c(C(=O)NCCC2CC2)ncn1-c1ccc(NC(=O)c2cc(F)c(F)cc2Cl)cc1. The number of nitrogens with zero attached hydrogens (tertiary/aromatic N) is 2. The minimum atomic E-state index is -1.20. The summed E-state index contributed by atoms with van der Waals surface area (Å²) in [6.45, 7) is 0.491. The molecule has 1 aromatic heterocycles. The molecule has 11 heteroatoms. The number of aromatic nitrogens is 2. The number of primary amides is 1. The van der Waals surface area contributed by atoms with Crippen molar-refractivity contribution in [2.75, 3.05) is 11.9 Å². The summed E-state index contributed by atoms with van der Waals surface area (Å²) in [7, 11) is 0. The number of benzene rings is 2. The van der Waals surface area contributed by atoms with Crippen LogP contribution in [-0.2, 0) is 0 Å². The lowest BCUT2D eigenvalue weighted by Crippen LogP contribution is -2.28. The molecule has 1 aliphatic rings. The summed E-state index contributed by atoms with van der Waals surface area (Å²) < 4.78 is 28.1. The highest BCUT2D eigenvalue weighted by molar-refractivity contribution is 6.34. The van der Waals surface area contributed by atoms with Gasteiger partial charge >= 0.3 is 0 Å². The lowest BCUT2D eigenvalue weighted by atomic mass is 10.2. The van der Waals surface area contributed by atoms with Crippen LogP contribution >= 0.6 is 11.6 Å². The van der Waals surface area contributed by atoms with E-state index in [1.165, 1.54) is 35.9 Å². The molecule has 3 amide bonds. The Balaban J connectivity index is 1.50. The van der Waals surface area contributed by atoms with Crippen LogP contribution in [0.25, 0.3) is 5.69 Å². The zero-order valence-corrected chi connectivity index (χ0v) is 18.5. The molecule has 4 N–H and O–H groups in total. The van der Waals surface area contributed by atoms with Crippen LogP contribution in [0.15, 0.2) is 42.7 Å². The van der Waals surface area contributed by atoms with E-state index in [1.807, 2.05) is 0 Å². The fraction of sp³-hybridized carbons (Fsp3) is 0.217. The summed E-state index contributed by atoms with van der Waals surface area (Å²) >= 11 is 5.84. The van der Waals surface area contributed by atoms with Gasteiger partial charge in [0, 0.05) is 17.9 Å². The maximum Gasteiger partial charge on any atom is 0.272 e. The summed E-state index contributed by atoms with van der Waals surface area (Å²) in [6.07, 6.45) is 4.52. The summed E-state index contributed by atoms with van der Waals surface area (Å²) in [4.78, 5) is 41.0. The highest BCUT2D eigenvalue weighted by Gasteiger charge is 2.25. The van der Waals surface area contributed by atoms with Crippen LogP contribution in [-0.4, -0.2) is 33.8 Å². The van der Waals surface area contributed by atoms with E-state index in [-0.39, 0.29) is 22.0 Å². The molecule has 8 nitrogen and oxygen atoms in total. The number of carbonyl (C=O) groups excluding carboxylic acids is 3. The van der Waals surface area contributed by atoms with Gasteiger partial charge in [-0.1, -0.05) is 24.4 Å². The Morgan fingerprint density at radius 3 is 2.41 bits per heavy atom. The third kappa shape index (κ3) is 5.07. The minimum absolute atomic E-state index is 0.0747. The third-order valence-corrected chi connectivity index (χ3v) is 5.72. The Kier molecular flexibility index (Phi) is 6.60. The van der Waals surface area contributed by atoms with Crippen LogP contribution < -0.4 is 16.4 Å². The molecular weight excluding hydrogens is 468 g/mol. The summed E-state index contributed by atoms with van der Waals surface area (Å²) in [5.74, 6) is -3.76. The molecule has 0 bridgehead atoms. The van der Waals surface area contributed by atoms with E-state index in [0.29, 0.717) is 29.9 Å². The first-order valence-electron chi connectivity index (χ1n) is 10.5. The predicted octanol–water partition coefficient (Wildman–Crippen LogP) is 3.69. The lowest BCUT2D eigenvalue weighted by Gasteiger charge is -2.10. The number of hydrogen-bond donors (Lipinski definition) is 3. The van der Waals surface area contributed by atoms with Crippen molar-refractivity contribution in [3.05, 3.63) is 76.3 Å². The van der Waals surface area contributed by atoms with Gasteiger partial charge in [-0.3, -0.25) is 19.0 Å². The maximum atomic E-state index is 13.5. The van der Waals surface area contributed by atoms with Crippen molar-refractivity contribution in [3.63, 3.8) is 0 Å². The molecule has 2 aromatic carbocycles. The van der Waals surface area contributed by atoms with E-state index in [2.05, 4.69) is 15.6 Å². The number of anilines is 1. The van der Waals surface area contributed by atoms with Gasteiger partial charge in [0.1, 0.15) is 12.0 Å². The van der Waals surface area contributed by atoms with Gasteiger partial charge in [-0.15, -0.1) is 0 Å². The van der Waals surface area contributed by atoms with Gasteiger partial charge in [-0.25, -0.2) is 13.8 Å². The van der Waals surface area contributed by atoms with Crippen molar-refractivity contribution in [1.82, 2.24) is 14.9 Å². The molecule has 1 aliphatic carbocycles. The minimum Gasteiger partial charge on any atom is -0.364 e. The lowest BCUT2D eigenvalue weighted by molar-refractivity contribution is 0.0929. The van der Waals surface area contributed by atoms with E-state index in [0.717, 1.165) is 12.5 Å². The number of carbonyl (C=O) groups is 3. The summed E-state index contributed by atoms with van der Waals surface area (Å²) in [5, 5.41) is 5.05. The second-order valence-electron chi connectivity index (χ2n) is 7.91. The maximum absolute atomic E-state index is 13.5. The van der Waals surface area contributed by atoms with Crippen molar-refractivity contribution in [2.45, 2.75) is 19.3 Å². The van der Waals surface area contributed by atoms with Gasteiger partial charge < -0.3 is 16.4 Å². The molecule has 0 aliphatic heterocycles. The molecule has 0 unspecified atom stereocenters. The Hall–Kier alpha value is -3.79. The quantitative estimate of drug-likeness (QED) is 0.420. The second kappa shape index (κ2) is 9.60. The first kappa shape index (κ1) is 23.4. The Morgan fingerprint density at radius 2 is 1.76 bits per heavy atom. The van der Waals surface area contributed by atoms with Crippen molar-refractivity contribution in [1.29, 1.82) is 0 Å². The predicted molar refractivity (Wildman–Crippen MR) is 121 cm³/mol. The molecule has 176 valence electrons. The first-order valence-corrected chi connectivity index (χ1v) is 10.8. The normalized spacial score (nSPS) is 12.9. The van der Waals surface area contributed by atoms with Gasteiger partial charge in [-0.05, 0) is 48.7 Å². The topological polar surface area (TPSA) is 119 Å². The number of halogens is 3. The largest absolute Gasteiger partial charge is 0.364 e. The highest BCUT2D eigenvalue weighted by atomic mass is 35.5. The second-order valence-corrected chi connectivity index (χ2v) is 8.32. The van der Waals surface area contributed by atoms with E-state index in [9.17, 15) is 23.2 Å². The fourth-order valence-corrected chi connectivity index (χ4v) is 3.66. The molecule has 1 saturated carbocycles. The van der Waals surface area contributed by atoms with Crippen molar-refractivity contribution in [2.24, 2.45) is 11.7 Å². The van der Waals surface area contributed by atoms with Crippen LogP contribution in [0.5, 0.6) is 0 Å². The number of amides is 3. The summed E-state index contributed by atoms with van der Waals surface area (Å²) in [5.41, 5.74) is 5.92. The zero-order valence-electron chi connectivity index (χ0n) is 17.8. The van der Waals surface area contributed by atoms with Crippen LogP contribution in [0.1, 0.15) is 50.6 Å². The van der Waals surface area contributed by atoms with Crippen molar-refractivity contribution >= 4 is 35.0 Å². The van der Waals surface area contributed by atoms with Gasteiger partial charge in [0.15, 0.2) is 17.3 Å². The van der Waals surface area contributed by atoms with Crippen LogP contribution in [0, 0.1) is 17.6 Å². The van der Waals surface area contributed by atoms with Crippen LogP contribution in [0.4, 0.5) is 14.5 Å². The number of nitrogens with two attached hydrogens (primary N) is 1. The van der Waals surface area contributed by atoms with E-state index in [1.54, 1.807) is 12.1 Å². The molecule has 1 heterocycles. The standard InChI is InChI=1S/C23H20ClF2N5O3/c24-16-10-18(26)17(25)9-15(16)22(33)30-13-3-5-14(6-4-13)31-11-29-19(20(31)21(27)32)23(34)28-8-7-12-1-2-12/h3-6,9-12H,1-2,7-8H2,(H2,27,32)(H,28,34)(H,30,33). The molecule has 34 heavy (non-hydrogen) atoms. The first-order chi connectivity index (χ1) is 16.2. The van der Waals surface area contributed by atoms with Gasteiger partial charge in [0.25, 0.3) is 17.7 Å². The Labute approximate surface area is 198 Å². The average molecular weight is 488 g/mol. The molecule has 0 atom stereocenters. The van der Waals surface area contributed by atoms with Crippen LogP contribution in [0.3, 0.4) is 0 Å². The van der Waals surface area contributed by atoms with Crippen molar-refractivity contribution in [3.8, 4) is 5.69 Å². The number of imidazole rings is 1.